The van der Waals surface area contributed by atoms with E-state index in [4.69, 9.17) is 14.2 Å². The molecule has 0 spiro atoms. The monoisotopic (exact) mass is 334 g/mol. The lowest BCUT2D eigenvalue weighted by Gasteiger charge is -2.03. The van der Waals surface area contributed by atoms with Gasteiger partial charge in [-0.1, -0.05) is 22.0 Å². The summed E-state index contributed by atoms with van der Waals surface area (Å²) >= 11 is 3.21. The molecular weight excluding hydrogens is 316 g/mol. The zero-order chi connectivity index (χ0) is 14.5. The maximum Gasteiger partial charge on any atom is 0.334 e. The third-order valence-electron chi connectivity index (χ3n) is 1.88. The molecule has 0 aliphatic carbocycles. The van der Waals surface area contributed by atoms with Gasteiger partial charge in [-0.05, 0) is 19.9 Å². The van der Waals surface area contributed by atoms with Gasteiger partial charge in [-0.15, -0.1) is 0 Å². The Labute approximate surface area is 121 Å². The Morgan fingerprint density at radius 2 is 1.79 bits per heavy atom. The quantitative estimate of drug-likeness (QED) is 0.279. The maximum absolute atomic E-state index is 11.4. The molecule has 0 aliphatic heterocycles. The first-order valence-electron chi connectivity index (χ1n) is 5.98. The Bertz CT molecular complexity index is 336. The fraction of sp³-hybridized carbons (Fsp3) is 0.538. The molecule has 0 atom stereocenters. The SMILES string of the molecule is CCOC(=O)/C=C/COC/C=C(\CBr)C(=O)OCC. The van der Waals surface area contributed by atoms with E-state index >= 15 is 0 Å². The van der Waals surface area contributed by atoms with Crippen molar-refractivity contribution in [1.29, 1.82) is 0 Å². The van der Waals surface area contributed by atoms with Crippen LogP contribution in [0.25, 0.3) is 0 Å². The first kappa shape index (κ1) is 17.9. The molecule has 5 nitrogen and oxygen atoms in total. The van der Waals surface area contributed by atoms with Crippen LogP contribution in [0.2, 0.25) is 0 Å². The number of hydrogen-bond donors (Lipinski definition) is 0. The Morgan fingerprint density at radius 3 is 2.37 bits per heavy atom. The molecule has 0 radical (unpaired) electrons. The first-order valence-corrected chi connectivity index (χ1v) is 7.10. The molecule has 0 fully saturated rings. The molecule has 0 unspecified atom stereocenters. The number of esters is 2. The largest absolute Gasteiger partial charge is 0.463 e. The van der Waals surface area contributed by atoms with Crippen molar-refractivity contribution in [2.75, 3.05) is 31.8 Å². The molecule has 108 valence electrons. The van der Waals surface area contributed by atoms with Crippen LogP contribution in [-0.4, -0.2) is 43.7 Å². The smallest absolute Gasteiger partial charge is 0.334 e. The Balaban J connectivity index is 3.93. The van der Waals surface area contributed by atoms with Crippen molar-refractivity contribution in [2.24, 2.45) is 0 Å². The second kappa shape index (κ2) is 11.9. The third kappa shape index (κ3) is 9.44. The summed E-state index contributed by atoms with van der Waals surface area (Å²) < 4.78 is 14.8. The summed E-state index contributed by atoms with van der Waals surface area (Å²) in [6.45, 7) is 4.72. The molecule has 0 saturated carbocycles. The summed E-state index contributed by atoms with van der Waals surface area (Å²) in [5.74, 6) is -0.751. The van der Waals surface area contributed by atoms with Gasteiger partial charge in [0.1, 0.15) is 0 Å². The standard InChI is InChI=1S/C13H19BrO5/c1-3-18-12(15)6-5-8-17-9-7-11(10-14)13(16)19-4-2/h5-7H,3-4,8-10H2,1-2H3/b6-5+,11-7+. The highest BCUT2D eigenvalue weighted by molar-refractivity contribution is 9.09. The summed E-state index contributed by atoms with van der Waals surface area (Å²) in [5.41, 5.74) is 0.510. The Morgan fingerprint density at radius 1 is 1.11 bits per heavy atom. The average molecular weight is 335 g/mol. The first-order chi connectivity index (χ1) is 9.15. The molecule has 0 aliphatic rings. The van der Waals surface area contributed by atoms with Crippen LogP contribution in [0.4, 0.5) is 0 Å². The summed E-state index contributed by atoms with van der Waals surface area (Å²) in [7, 11) is 0. The van der Waals surface area contributed by atoms with Gasteiger partial charge in [-0.3, -0.25) is 0 Å². The fourth-order valence-corrected chi connectivity index (χ4v) is 1.50. The zero-order valence-electron chi connectivity index (χ0n) is 11.2. The molecule has 0 aromatic rings. The van der Waals surface area contributed by atoms with Gasteiger partial charge in [0.2, 0.25) is 0 Å². The molecule has 6 heteroatoms. The van der Waals surface area contributed by atoms with Gasteiger partial charge < -0.3 is 14.2 Å². The van der Waals surface area contributed by atoms with Crippen LogP contribution in [0.15, 0.2) is 23.8 Å². The van der Waals surface area contributed by atoms with Crippen molar-refractivity contribution in [2.45, 2.75) is 13.8 Å². The van der Waals surface area contributed by atoms with Crippen LogP contribution in [0, 0.1) is 0 Å². The highest BCUT2D eigenvalue weighted by atomic mass is 79.9. The van der Waals surface area contributed by atoms with Crippen molar-refractivity contribution in [1.82, 2.24) is 0 Å². The van der Waals surface area contributed by atoms with Crippen LogP contribution >= 0.6 is 15.9 Å². The molecule has 0 N–H and O–H groups in total. The lowest BCUT2D eigenvalue weighted by molar-refractivity contribution is -0.138. The van der Waals surface area contributed by atoms with E-state index in [2.05, 4.69) is 15.9 Å². The summed E-state index contributed by atoms with van der Waals surface area (Å²) in [6, 6.07) is 0. The Hall–Kier alpha value is -1.14. The normalized spacial score (nSPS) is 11.6. The lowest BCUT2D eigenvalue weighted by atomic mass is 10.3. The average Bonchev–Trinajstić information content (AvgIpc) is 2.38. The van der Waals surface area contributed by atoms with Crippen LogP contribution in [0.1, 0.15) is 13.8 Å². The highest BCUT2D eigenvalue weighted by Crippen LogP contribution is 2.03. The van der Waals surface area contributed by atoms with E-state index in [0.717, 1.165) is 0 Å². The van der Waals surface area contributed by atoms with Crippen LogP contribution in [0.3, 0.4) is 0 Å². The fourth-order valence-electron chi connectivity index (χ4n) is 1.05. The van der Waals surface area contributed by atoms with E-state index in [0.29, 0.717) is 24.1 Å². The van der Waals surface area contributed by atoms with Gasteiger partial charge in [0, 0.05) is 17.0 Å². The van der Waals surface area contributed by atoms with E-state index in [1.165, 1.54) is 6.08 Å². The summed E-state index contributed by atoms with van der Waals surface area (Å²) in [5, 5.41) is 0.411. The number of alkyl halides is 1. The molecule has 0 bridgehead atoms. The molecule has 0 rings (SSSR count). The van der Waals surface area contributed by atoms with Gasteiger partial charge in [0.25, 0.3) is 0 Å². The summed E-state index contributed by atoms with van der Waals surface area (Å²) in [4.78, 5) is 22.4. The number of rotatable bonds is 9. The van der Waals surface area contributed by atoms with Crippen molar-refractivity contribution in [3.05, 3.63) is 23.8 Å². The minimum atomic E-state index is -0.394. The van der Waals surface area contributed by atoms with Gasteiger partial charge in [-0.2, -0.15) is 0 Å². The van der Waals surface area contributed by atoms with Crippen molar-refractivity contribution >= 4 is 27.9 Å². The number of hydrogen-bond acceptors (Lipinski definition) is 5. The van der Waals surface area contributed by atoms with E-state index in [-0.39, 0.29) is 19.2 Å². The van der Waals surface area contributed by atoms with Gasteiger partial charge >= 0.3 is 11.9 Å². The molecular formula is C13H19BrO5. The molecule has 19 heavy (non-hydrogen) atoms. The van der Waals surface area contributed by atoms with Gasteiger partial charge in [0.05, 0.1) is 26.4 Å². The topological polar surface area (TPSA) is 61.8 Å². The minimum Gasteiger partial charge on any atom is -0.463 e. The van der Waals surface area contributed by atoms with E-state index < -0.39 is 5.97 Å². The molecule has 0 saturated heterocycles. The molecule has 0 aromatic heterocycles. The van der Waals surface area contributed by atoms with Gasteiger partial charge in [0.15, 0.2) is 0 Å². The van der Waals surface area contributed by atoms with Crippen LogP contribution < -0.4 is 0 Å². The van der Waals surface area contributed by atoms with Crippen LogP contribution in [0.5, 0.6) is 0 Å². The van der Waals surface area contributed by atoms with Gasteiger partial charge in [-0.25, -0.2) is 9.59 Å². The number of halogens is 1. The number of carbonyl (C=O) groups excluding carboxylic acids is 2. The molecule has 0 amide bonds. The third-order valence-corrected chi connectivity index (χ3v) is 2.49. The lowest BCUT2D eigenvalue weighted by Crippen LogP contribution is -2.09. The van der Waals surface area contributed by atoms with Crippen molar-refractivity contribution in [3.8, 4) is 0 Å². The van der Waals surface area contributed by atoms with Crippen molar-refractivity contribution < 1.29 is 23.8 Å². The second-order valence-corrected chi connectivity index (χ2v) is 3.84. The minimum absolute atomic E-state index is 0.271. The number of carbonyl (C=O) groups is 2. The maximum atomic E-state index is 11.4. The number of ether oxygens (including phenoxy) is 3. The van der Waals surface area contributed by atoms with E-state index in [9.17, 15) is 9.59 Å². The second-order valence-electron chi connectivity index (χ2n) is 3.28. The predicted octanol–water partition coefficient (Wildman–Crippen LogP) is 2.01. The molecule has 0 heterocycles. The van der Waals surface area contributed by atoms with Crippen LogP contribution in [-0.2, 0) is 23.8 Å². The van der Waals surface area contributed by atoms with E-state index in [1.54, 1.807) is 26.0 Å². The van der Waals surface area contributed by atoms with Crippen molar-refractivity contribution in [3.63, 3.8) is 0 Å². The van der Waals surface area contributed by atoms with E-state index in [1.807, 2.05) is 0 Å². The summed E-state index contributed by atoms with van der Waals surface area (Å²) in [6.07, 6.45) is 4.51. The molecule has 0 aromatic carbocycles. The zero-order valence-corrected chi connectivity index (χ0v) is 12.8. The predicted molar refractivity (Wildman–Crippen MR) is 75.1 cm³/mol. The highest BCUT2D eigenvalue weighted by Gasteiger charge is 2.07. The Kier molecular flexibility index (Phi) is 11.2.